The van der Waals surface area contributed by atoms with Crippen molar-refractivity contribution in [3.63, 3.8) is 0 Å². The van der Waals surface area contributed by atoms with Crippen LogP contribution < -0.4 is 0 Å². The van der Waals surface area contributed by atoms with Crippen LogP contribution in [-0.2, 0) is 0 Å². The minimum Gasteiger partial charge on any atom is -0.322 e. The predicted molar refractivity (Wildman–Crippen MR) is 39.2 cm³/mol. The maximum absolute atomic E-state index is 7.13. The lowest BCUT2D eigenvalue weighted by atomic mass is 10.4. The van der Waals surface area contributed by atoms with E-state index in [9.17, 15) is 0 Å². The van der Waals surface area contributed by atoms with Crippen LogP contribution in [0.2, 0.25) is 0 Å². The second kappa shape index (κ2) is 4.06. The van der Waals surface area contributed by atoms with Gasteiger partial charge in [-0.3, -0.25) is 10.8 Å². The maximum atomic E-state index is 7.13. The van der Waals surface area contributed by atoms with E-state index < -0.39 is 0 Å². The van der Waals surface area contributed by atoms with Crippen LogP contribution in [0, 0.1) is 10.8 Å². The van der Waals surface area contributed by atoms with Crippen molar-refractivity contribution in [3.8, 4) is 0 Å². The topological polar surface area (TPSA) is 50.9 Å². The van der Waals surface area contributed by atoms with E-state index >= 15 is 0 Å². The molecule has 0 aromatic rings. The number of amidine groups is 1. The molecule has 0 amide bonds. The third-order valence-corrected chi connectivity index (χ3v) is 1.05. The third kappa shape index (κ3) is 2.85. The molecule has 0 aliphatic carbocycles. The molecule has 3 nitrogen and oxygen atoms in total. The molecule has 0 spiro atoms. The summed E-state index contributed by atoms with van der Waals surface area (Å²) in [5, 5.41) is 14.0. The zero-order valence-corrected chi connectivity index (χ0v) is 5.94. The summed E-state index contributed by atoms with van der Waals surface area (Å²) < 4.78 is 0. The molecular formula is C6H13N3. The van der Waals surface area contributed by atoms with Gasteiger partial charge in [0.1, 0.15) is 0 Å². The molecule has 0 atom stereocenters. The van der Waals surface area contributed by atoms with Crippen LogP contribution in [0.3, 0.4) is 0 Å². The minimum atomic E-state index is 0.437. The Bertz CT molecular complexity index is 109. The summed E-state index contributed by atoms with van der Waals surface area (Å²) in [6.07, 6.45) is 2.16. The quantitative estimate of drug-likeness (QED) is 0.435. The predicted octanol–water partition coefficient (Wildman–Crippen LogP) is 1.30. The number of nitrogens with zero attached hydrogens (tertiary/aromatic N) is 1. The van der Waals surface area contributed by atoms with Crippen LogP contribution in [0.4, 0.5) is 0 Å². The largest absolute Gasteiger partial charge is 0.322 e. The van der Waals surface area contributed by atoms with Crippen LogP contribution in [0.15, 0.2) is 0 Å². The minimum absolute atomic E-state index is 0.437. The SMILES string of the molecule is CCCN(C=N)C(C)=N. The van der Waals surface area contributed by atoms with E-state index in [0.717, 1.165) is 13.0 Å². The van der Waals surface area contributed by atoms with Gasteiger partial charge in [-0.25, -0.2) is 0 Å². The summed E-state index contributed by atoms with van der Waals surface area (Å²) >= 11 is 0. The fourth-order valence-corrected chi connectivity index (χ4v) is 0.570. The van der Waals surface area contributed by atoms with Crippen LogP contribution in [0.1, 0.15) is 20.3 Å². The summed E-state index contributed by atoms with van der Waals surface area (Å²) in [6, 6.07) is 0. The molecule has 0 aromatic carbocycles. The fraction of sp³-hybridized carbons (Fsp3) is 0.667. The molecule has 2 N–H and O–H groups in total. The van der Waals surface area contributed by atoms with E-state index in [1.54, 1.807) is 11.8 Å². The molecule has 0 rings (SSSR count). The van der Waals surface area contributed by atoms with Gasteiger partial charge in [0.05, 0.1) is 12.2 Å². The first-order valence-electron chi connectivity index (χ1n) is 3.04. The molecule has 0 aromatic heterocycles. The fourth-order valence-electron chi connectivity index (χ4n) is 0.570. The number of nitrogens with one attached hydrogen (secondary N) is 2. The van der Waals surface area contributed by atoms with E-state index in [-0.39, 0.29) is 0 Å². The highest BCUT2D eigenvalue weighted by Gasteiger charge is 1.96. The Hall–Kier alpha value is -0.860. The summed E-state index contributed by atoms with van der Waals surface area (Å²) in [7, 11) is 0. The first-order valence-corrected chi connectivity index (χ1v) is 3.04. The van der Waals surface area contributed by atoms with Crippen molar-refractivity contribution < 1.29 is 0 Å². The third-order valence-electron chi connectivity index (χ3n) is 1.05. The van der Waals surface area contributed by atoms with Crippen molar-refractivity contribution >= 4 is 12.2 Å². The average Bonchev–Trinajstić information content (AvgIpc) is 1.82. The monoisotopic (exact) mass is 127 g/mol. The molecule has 0 fully saturated rings. The lowest BCUT2D eigenvalue weighted by Gasteiger charge is -2.14. The number of rotatable bonds is 3. The molecule has 0 saturated heterocycles. The number of hydrogen-bond acceptors (Lipinski definition) is 2. The normalized spacial score (nSPS) is 8.67. The lowest BCUT2D eigenvalue weighted by Crippen LogP contribution is -2.26. The van der Waals surface area contributed by atoms with Gasteiger partial charge in [-0.05, 0) is 13.3 Å². The van der Waals surface area contributed by atoms with Crippen LogP contribution in [0.25, 0.3) is 0 Å². The Labute approximate surface area is 55.7 Å². The van der Waals surface area contributed by atoms with Gasteiger partial charge in [-0.2, -0.15) is 0 Å². The van der Waals surface area contributed by atoms with E-state index in [1.165, 1.54) is 6.34 Å². The molecule has 0 radical (unpaired) electrons. The highest BCUT2D eigenvalue weighted by atomic mass is 15.2. The van der Waals surface area contributed by atoms with Gasteiger partial charge in [0.15, 0.2) is 0 Å². The van der Waals surface area contributed by atoms with E-state index in [2.05, 4.69) is 0 Å². The van der Waals surface area contributed by atoms with Gasteiger partial charge >= 0.3 is 0 Å². The second-order valence-electron chi connectivity index (χ2n) is 1.91. The second-order valence-corrected chi connectivity index (χ2v) is 1.91. The van der Waals surface area contributed by atoms with Crippen molar-refractivity contribution in [1.82, 2.24) is 4.90 Å². The Morgan fingerprint density at radius 1 is 1.67 bits per heavy atom. The van der Waals surface area contributed by atoms with Gasteiger partial charge in [0.25, 0.3) is 0 Å². The molecule has 0 aliphatic heterocycles. The van der Waals surface area contributed by atoms with Crippen molar-refractivity contribution in [1.29, 1.82) is 10.8 Å². The van der Waals surface area contributed by atoms with Crippen molar-refractivity contribution in [3.05, 3.63) is 0 Å². The molecule has 0 saturated carbocycles. The summed E-state index contributed by atoms with van der Waals surface area (Å²) in [6.45, 7) is 4.49. The van der Waals surface area contributed by atoms with Crippen molar-refractivity contribution in [2.45, 2.75) is 20.3 Å². The van der Waals surface area contributed by atoms with E-state index in [1.807, 2.05) is 6.92 Å². The maximum Gasteiger partial charge on any atom is 0.0977 e. The Kier molecular flexibility index (Phi) is 3.67. The summed E-state index contributed by atoms with van der Waals surface area (Å²) in [4.78, 5) is 1.60. The Balaban J connectivity index is 3.68. The highest BCUT2D eigenvalue weighted by molar-refractivity contribution is 5.86. The van der Waals surface area contributed by atoms with Crippen molar-refractivity contribution in [2.24, 2.45) is 0 Å². The zero-order chi connectivity index (χ0) is 7.28. The van der Waals surface area contributed by atoms with E-state index in [4.69, 9.17) is 10.8 Å². The molecule has 3 heteroatoms. The molecule has 0 unspecified atom stereocenters. The van der Waals surface area contributed by atoms with Gasteiger partial charge < -0.3 is 4.90 Å². The van der Waals surface area contributed by atoms with Crippen molar-refractivity contribution in [2.75, 3.05) is 6.54 Å². The first kappa shape index (κ1) is 8.14. The smallest absolute Gasteiger partial charge is 0.0977 e. The zero-order valence-electron chi connectivity index (χ0n) is 5.94. The Morgan fingerprint density at radius 2 is 2.22 bits per heavy atom. The molecule has 0 bridgehead atoms. The average molecular weight is 127 g/mol. The highest BCUT2D eigenvalue weighted by Crippen LogP contribution is 1.86. The van der Waals surface area contributed by atoms with Gasteiger partial charge in [0, 0.05) is 6.54 Å². The Morgan fingerprint density at radius 3 is 2.33 bits per heavy atom. The molecule has 0 aliphatic rings. The lowest BCUT2D eigenvalue weighted by molar-refractivity contribution is 0.599. The molecule has 9 heavy (non-hydrogen) atoms. The summed E-state index contributed by atoms with van der Waals surface area (Å²) in [5.74, 6) is 0.437. The molecule has 0 heterocycles. The van der Waals surface area contributed by atoms with Crippen LogP contribution in [-0.4, -0.2) is 23.6 Å². The van der Waals surface area contributed by atoms with Crippen LogP contribution >= 0.6 is 0 Å². The number of hydrogen-bond donors (Lipinski definition) is 2. The summed E-state index contributed by atoms with van der Waals surface area (Å²) in [5.41, 5.74) is 0. The van der Waals surface area contributed by atoms with Crippen LogP contribution in [0.5, 0.6) is 0 Å². The van der Waals surface area contributed by atoms with Gasteiger partial charge in [0.2, 0.25) is 0 Å². The standard InChI is InChI=1S/C6H13N3/c1-3-4-9(5-7)6(2)8/h5,7-8H,3-4H2,1-2H3. The van der Waals surface area contributed by atoms with Gasteiger partial charge in [-0.15, -0.1) is 0 Å². The molecule has 52 valence electrons. The first-order chi connectivity index (χ1) is 4.22. The van der Waals surface area contributed by atoms with E-state index in [0.29, 0.717) is 5.84 Å². The van der Waals surface area contributed by atoms with Gasteiger partial charge in [-0.1, -0.05) is 6.92 Å². The molecular weight excluding hydrogens is 114 g/mol.